The molecule has 0 bridgehead atoms. The summed E-state index contributed by atoms with van der Waals surface area (Å²) in [7, 11) is 0. The topological polar surface area (TPSA) is 85.3 Å². The van der Waals surface area contributed by atoms with E-state index in [-0.39, 0.29) is 50.3 Å². The van der Waals surface area contributed by atoms with Gasteiger partial charge in [0.2, 0.25) is 0 Å². The first-order chi connectivity index (χ1) is 9.16. The predicted molar refractivity (Wildman–Crippen MR) is 72.0 cm³/mol. The second-order valence-electron chi connectivity index (χ2n) is 2.72. The van der Waals surface area contributed by atoms with Crippen LogP contribution in [-0.2, 0) is 57.5 Å². The van der Waals surface area contributed by atoms with E-state index in [2.05, 4.69) is 12.8 Å². The van der Waals surface area contributed by atoms with E-state index in [1.165, 1.54) is 30.7 Å². The zero-order valence-corrected chi connectivity index (χ0v) is 13.6. The molecule has 0 unspecified atom stereocenters. The zero-order chi connectivity index (χ0) is 15.3. The Kier molecular flexibility index (Phi) is 21.7. The average Bonchev–Trinajstić information content (AvgIpc) is 2.48. The van der Waals surface area contributed by atoms with Crippen molar-refractivity contribution in [3.63, 3.8) is 0 Å². The Morgan fingerprint density at radius 3 is 1.38 bits per heavy atom. The van der Waals surface area contributed by atoms with Crippen LogP contribution in [0.2, 0.25) is 0 Å². The van der Waals surface area contributed by atoms with Gasteiger partial charge in [-0.3, -0.25) is 0 Å². The first-order valence-electron chi connectivity index (χ1n) is 4.70. The van der Waals surface area contributed by atoms with E-state index < -0.39 is 6.89 Å². The molecule has 0 aromatic carbocycles. The van der Waals surface area contributed by atoms with Crippen molar-refractivity contribution in [2.45, 2.75) is 6.92 Å². The number of hydrogen-bond donors (Lipinski definition) is 0. The van der Waals surface area contributed by atoms with Gasteiger partial charge in [0.15, 0.2) is 0 Å². The number of terminal acetylenes is 1. The molecule has 0 aliphatic rings. The van der Waals surface area contributed by atoms with Crippen molar-refractivity contribution in [2.24, 2.45) is 0 Å². The Hall–Kier alpha value is -1.62. The van der Waals surface area contributed by atoms with Crippen LogP contribution in [0.15, 0.2) is 22.8 Å². The van der Waals surface area contributed by atoms with E-state index in [0.29, 0.717) is 12.2 Å². The van der Waals surface area contributed by atoms with Crippen molar-refractivity contribution in [3.8, 4) is 12.8 Å². The van der Waals surface area contributed by atoms with Crippen molar-refractivity contribution in [3.05, 3.63) is 22.8 Å². The fraction of sp³-hybridized carbons (Fsp3) is 0.154. The molecule has 0 aliphatic carbocycles. The van der Waals surface area contributed by atoms with Crippen LogP contribution >= 0.6 is 6.89 Å². The van der Waals surface area contributed by atoms with Gasteiger partial charge in [-0.2, -0.15) is 0 Å². The first kappa shape index (κ1) is 27.7. The summed E-state index contributed by atoms with van der Waals surface area (Å²) >= 11 is 0. The second kappa shape index (κ2) is 16.4. The third kappa shape index (κ3) is 7.09. The maximum absolute atomic E-state index is 11.0. The van der Waals surface area contributed by atoms with Crippen LogP contribution in [0, 0.1) is 12.8 Å². The van der Waals surface area contributed by atoms with Gasteiger partial charge >= 0.3 is 0 Å². The summed E-state index contributed by atoms with van der Waals surface area (Å²) in [5, 5.41) is -0.648. The summed E-state index contributed by atoms with van der Waals surface area (Å²) in [5.41, 5.74) is 1.58. The van der Waals surface area contributed by atoms with E-state index in [1.54, 1.807) is 5.66 Å². The fourth-order valence-electron chi connectivity index (χ4n) is 1.18. The molecule has 114 valence electrons. The van der Waals surface area contributed by atoms with Crippen molar-refractivity contribution in [1.29, 1.82) is 0 Å². The molecule has 2 radical (unpaired) electrons. The number of allylic oxidation sites excluding steroid dienone is 4. The SMILES string of the molecule is C#C.CCP(=C=O)(C(=C=O)C=C=O)C(=C=O)C=C=O.[Co].[Co]. The van der Waals surface area contributed by atoms with Gasteiger partial charge in [-0.15, -0.1) is 12.8 Å². The Bertz CT molecular complexity index is 589. The molecular weight excluding hydrogens is 385 g/mol. The van der Waals surface area contributed by atoms with Crippen LogP contribution in [0.4, 0.5) is 0 Å². The summed E-state index contributed by atoms with van der Waals surface area (Å²) in [4.78, 5) is 52.9. The molecule has 21 heavy (non-hydrogen) atoms. The van der Waals surface area contributed by atoms with Crippen molar-refractivity contribution in [1.82, 2.24) is 0 Å². The molecular formula is C13H9Co2O5P. The quantitative estimate of drug-likeness (QED) is 0.294. The van der Waals surface area contributed by atoms with Gasteiger partial charge in [0, 0.05) is 45.7 Å². The molecule has 0 N–H and O–H groups in total. The minimum atomic E-state index is -3.17. The van der Waals surface area contributed by atoms with Gasteiger partial charge in [0.1, 0.15) is 29.4 Å². The van der Waals surface area contributed by atoms with Crippen LogP contribution in [0.1, 0.15) is 6.92 Å². The number of hydrogen-bond acceptors (Lipinski definition) is 5. The first-order valence-corrected chi connectivity index (χ1v) is 6.68. The Labute approximate surface area is 142 Å². The molecule has 0 atom stereocenters. The summed E-state index contributed by atoms with van der Waals surface area (Å²) < 4.78 is 0. The minimum absolute atomic E-state index is 0. The molecule has 8 heteroatoms. The third-order valence-corrected chi connectivity index (χ3v) is 5.40. The standard InChI is InChI=1S/C11H7O5P.C2H2.2Co/c1-2-17(9-16,10(7-14)3-5-12)11(8-15)4-6-13;1-2;;/h3-4H,2H2,1H3;1-2H;;. The van der Waals surface area contributed by atoms with E-state index in [0.717, 1.165) is 0 Å². The second-order valence-corrected chi connectivity index (χ2v) is 6.11. The third-order valence-electron chi connectivity index (χ3n) is 2.05. The van der Waals surface area contributed by atoms with Gasteiger partial charge in [-0.05, 0) is 6.16 Å². The van der Waals surface area contributed by atoms with Crippen molar-refractivity contribution >= 4 is 36.3 Å². The Balaban J connectivity index is -0.000000344. The van der Waals surface area contributed by atoms with Gasteiger partial charge in [-0.1, -0.05) is 6.92 Å². The Morgan fingerprint density at radius 1 is 0.905 bits per heavy atom. The van der Waals surface area contributed by atoms with Crippen LogP contribution < -0.4 is 0 Å². The summed E-state index contributed by atoms with van der Waals surface area (Å²) in [6, 6.07) is 0. The summed E-state index contributed by atoms with van der Waals surface area (Å²) in [5.74, 6) is 5.47. The molecule has 0 rings (SSSR count). The Morgan fingerprint density at radius 2 is 1.24 bits per heavy atom. The monoisotopic (exact) mass is 394 g/mol. The molecule has 0 heterocycles. The van der Waals surface area contributed by atoms with Crippen molar-refractivity contribution < 1.29 is 57.5 Å². The summed E-state index contributed by atoms with van der Waals surface area (Å²) in [6.45, 7) is -1.65. The maximum atomic E-state index is 11.0. The molecule has 5 nitrogen and oxygen atoms in total. The van der Waals surface area contributed by atoms with Crippen LogP contribution in [0.3, 0.4) is 0 Å². The smallest absolute Gasteiger partial charge is 0.134 e. The fourth-order valence-corrected chi connectivity index (χ4v) is 3.30. The molecule has 0 aliphatic heterocycles. The molecule has 0 aromatic rings. The van der Waals surface area contributed by atoms with Gasteiger partial charge in [-0.25, -0.2) is 24.0 Å². The summed E-state index contributed by atoms with van der Waals surface area (Å²) in [6.07, 6.45) is 9.47. The zero-order valence-electron chi connectivity index (χ0n) is 10.7. The van der Waals surface area contributed by atoms with E-state index >= 15 is 0 Å². The molecule has 0 saturated heterocycles. The molecule has 0 aromatic heterocycles. The molecule has 0 spiro atoms. The van der Waals surface area contributed by atoms with E-state index in [9.17, 15) is 24.0 Å². The van der Waals surface area contributed by atoms with Crippen LogP contribution in [0.5, 0.6) is 0 Å². The van der Waals surface area contributed by atoms with Gasteiger partial charge < -0.3 is 0 Å². The molecule has 0 amide bonds. The average molecular weight is 394 g/mol. The van der Waals surface area contributed by atoms with Crippen LogP contribution in [-0.4, -0.2) is 35.6 Å². The van der Waals surface area contributed by atoms with E-state index in [4.69, 9.17) is 0 Å². The van der Waals surface area contributed by atoms with Crippen LogP contribution in [0.25, 0.3) is 0 Å². The largest absolute Gasteiger partial charge is 0.234 e. The van der Waals surface area contributed by atoms with Crippen molar-refractivity contribution in [2.75, 3.05) is 6.16 Å². The molecule has 0 fully saturated rings. The number of rotatable bonds is 5. The minimum Gasteiger partial charge on any atom is -0.234 e. The van der Waals surface area contributed by atoms with E-state index in [1.807, 2.05) is 0 Å². The normalized spacial score (nSPS) is 9.29. The maximum Gasteiger partial charge on any atom is 0.134 e. The number of carbonyl (C=O) groups excluding carboxylic acids is 5. The van der Waals surface area contributed by atoms with Gasteiger partial charge in [0.05, 0.1) is 17.5 Å². The predicted octanol–water partition coefficient (Wildman–Crippen LogP) is 0.542. The van der Waals surface area contributed by atoms with Gasteiger partial charge in [0.25, 0.3) is 0 Å². The molecule has 0 saturated carbocycles.